The fourth-order valence-corrected chi connectivity index (χ4v) is 5.45. The first-order chi connectivity index (χ1) is 14.8. The van der Waals surface area contributed by atoms with Crippen LogP contribution in [0.4, 0.5) is 19.0 Å². The van der Waals surface area contributed by atoms with Crippen molar-refractivity contribution in [2.24, 2.45) is 0 Å². The van der Waals surface area contributed by atoms with Crippen LogP contribution in [-0.4, -0.2) is 29.0 Å². The third kappa shape index (κ3) is 3.67. The first-order valence-corrected chi connectivity index (χ1v) is 11.0. The Kier molecular flexibility index (Phi) is 4.92. The second kappa shape index (κ2) is 7.40. The molecule has 2 aromatic rings. The van der Waals surface area contributed by atoms with Crippen LogP contribution in [0.15, 0.2) is 42.6 Å². The van der Waals surface area contributed by atoms with Crippen molar-refractivity contribution in [1.82, 2.24) is 10.3 Å². The van der Waals surface area contributed by atoms with Gasteiger partial charge in [0.05, 0.1) is 11.0 Å². The van der Waals surface area contributed by atoms with E-state index in [-0.39, 0.29) is 29.9 Å². The van der Waals surface area contributed by atoms with Crippen molar-refractivity contribution >= 4 is 23.3 Å². The molecule has 3 aliphatic rings. The van der Waals surface area contributed by atoms with Crippen LogP contribution in [0.25, 0.3) is 0 Å². The van der Waals surface area contributed by atoms with E-state index in [1.807, 2.05) is 17.0 Å². The Balaban J connectivity index is 1.31. The van der Waals surface area contributed by atoms with E-state index >= 15 is 0 Å². The molecule has 2 atom stereocenters. The van der Waals surface area contributed by atoms with Crippen molar-refractivity contribution in [3.8, 4) is 0 Å². The van der Waals surface area contributed by atoms with Crippen LogP contribution in [0.2, 0.25) is 5.02 Å². The minimum atomic E-state index is -4.44. The topological polar surface area (TPSA) is 45.2 Å². The van der Waals surface area contributed by atoms with E-state index in [2.05, 4.69) is 10.3 Å². The fourth-order valence-electron chi connectivity index (χ4n) is 5.33. The van der Waals surface area contributed by atoms with Crippen molar-refractivity contribution in [3.05, 3.63) is 58.7 Å². The van der Waals surface area contributed by atoms with E-state index in [4.69, 9.17) is 11.6 Å². The lowest BCUT2D eigenvalue weighted by Crippen LogP contribution is -2.52. The number of hydrogen-bond acceptors (Lipinski definition) is 3. The zero-order valence-electron chi connectivity index (χ0n) is 16.8. The van der Waals surface area contributed by atoms with E-state index in [0.29, 0.717) is 17.9 Å². The number of fused-ring (bicyclic) bond motifs is 2. The van der Waals surface area contributed by atoms with E-state index in [9.17, 15) is 18.0 Å². The van der Waals surface area contributed by atoms with Crippen LogP contribution in [0.3, 0.4) is 0 Å². The van der Waals surface area contributed by atoms with Crippen LogP contribution in [0.5, 0.6) is 0 Å². The van der Waals surface area contributed by atoms with Gasteiger partial charge in [0.25, 0.3) is 0 Å². The van der Waals surface area contributed by atoms with Gasteiger partial charge in [-0.05, 0) is 68.4 Å². The maximum atomic E-state index is 13.5. The molecule has 2 aliphatic heterocycles. The summed E-state index contributed by atoms with van der Waals surface area (Å²) in [6, 6.07) is 9.69. The lowest BCUT2D eigenvalue weighted by molar-refractivity contribution is -0.137. The van der Waals surface area contributed by atoms with Gasteiger partial charge in [0.2, 0.25) is 5.91 Å². The molecule has 1 amide bonds. The van der Waals surface area contributed by atoms with Crippen LogP contribution < -0.4 is 10.2 Å². The molecule has 31 heavy (non-hydrogen) atoms. The molecule has 0 spiro atoms. The van der Waals surface area contributed by atoms with Gasteiger partial charge < -0.3 is 10.2 Å². The van der Waals surface area contributed by atoms with Gasteiger partial charge in [0.1, 0.15) is 5.82 Å². The molecular formula is C23H23ClF3N3O. The van der Waals surface area contributed by atoms with Gasteiger partial charge in [-0.25, -0.2) is 4.98 Å². The highest BCUT2D eigenvalue weighted by Gasteiger charge is 2.53. The quantitative estimate of drug-likeness (QED) is 0.706. The largest absolute Gasteiger partial charge is 0.419 e. The summed E-state index contributed by atoms with van der Waals surface area (Å²) >= 11 is 5.98. The van der Waals surface area contributed by atoms with Gasteiger partial charge in [-0.15, -0.1) is 0 Å². The molecule has 5 rings (SSSR count). The summed E-state index contributed by atoms with van der Waals surface area (Å²) in [5.41, 5.74) is -0.210. The zero-order valence-corrected chi connectivity index (χ0v) is 17.6. The standard InChI is InChI=1S/C23H23ClF3N3O/c24-15-5-3-14(4-6-15)22(9-10-22)21(31)29-16-12-17-7-8-18(13-16)30(17)20-19(23(25,26)27)2-1-11-28-20/h1-6,11,16-18H,7-10,12-13H2,(H,29,31). The number of aromatic nitrogens is 1. The summed E-state index contributed by atoms with van der Waals surface area (Å²) < 4.78 is 40.6. The summed E-state index contributed by atoms with van der Waals surface area (Å²) in [6.45, 7) is 0. The minimum Gasteiger partial charge on any atom is -0.352 e. The molecule has 1 aromatic heterocycles. The molecule has 1 aromatic carbocycles. The van der Waals surface area contributed by atoms with Crippen LogP contribution >= 0.6 is 11.6 Å². The average molecular weight is 450 g/mol. The average Bonchev–Trinajstić information content (AvgIpc) is 3.49. The first-order valence-electron chi connectivity index (χ1n) is 10.7. The molecule has 3 heterocycles. The summed E-state index contributed by atoms with van der Waals surface area (Å²) in [6.07, 6.45) is 1.47. The highest BCUT2D eigenvalue weighted by Crippen LogP contribution is 2.49. The van der Waals surface area contributed by atoms with Crippen LogP contribution in [-0.2, 0) is 16.4 Å². The van der Waals surface area contributed by atoms with Crippen LogP contribution in [0.1, 0.15) is 49.7 Å². The molecule has 2 bridgehead atoms. The normalized spacial score (nSPS) is 26.6. The Morgan fingerprint density at radius 1 is 1.10 bits per heavy atom. The monoisotopic (exact) mass is 449 g/mol. The summed E-state index contributed by atoms with van der Waals surface area (Å²) in [4.78, 5) is 19.1. The number of nitrogens with zero attached hydrogens (tertiary/aromatic N) is 2. The van der Waals surface area contributed by atoms with Gasteiger partial charge >= 0.3 is 6.18 Å². The van der Waals surface area contributed by atoms with Gasteiger partial charge in [-0.2, -0.15) is 13.2 Å². The third-order valence-corrected chi connectivity index (χ3v) is 7.24. The van der Waals surface area contributed by atoms with Crippen molar-refractivity contribution in [2.75, 3.05) is 4.90 Å². The second-order valence-electron chi connectivity index (χ2n) is 8.90. The van der Waals surface area contributed by atoms with Crippen molar-refractivity contribution in [2.45, 2.75) is 68.2 Å². The summed E-state index contributed by atoms with van der Waals surface area (Å²) in [5, 5.41) is 3.85. The second-order valence-corrected chi connectivity index (χ2v) is 9.33. The number of alkyl halides is 3. The Morgan fingerprint density at radius 2 is 1.74 bits per heavy atom. The van der Waals surface area contributed by atoms with Crippen molar-refractivity contribution in [1.29, 1.82) is 0 Å². The zero-order chi connectivity index (χ0) is 21.8. The Morgan fingerprint density at radius 3 is 2.32 bits per heavy atom. The highest BCUT2D eigenvalue weighted by molar-refractivity contribution is 6.30. The lowest BCUT2D eigenvalue weighted by Gasteiger charge is -2.41. The maximum absolute atomic E-state index is 13.5. The van der Waals surface area contributed by atoms with Gasteiger partial charge in [-0.3, -0.25) is 4.79 Å². The number of carbonyl (C=O) groups is 1. The highest BCUT2D eigenvalue weighted by atomic mass is 35.5. The van der Waals surface area contributed by atoms with E-state index in [0.717, 1.165) is 37.3 Å². The van der Waals surface area contributed by atoms with E-state index < -0.39 is 17.2 Å². The number of benzene rings is 1. The third-order valence-electron chi connectivity index (χ3n) is 6.99. The number of halogens is 4. The summed E-state index contributed by atoms with van der Waals surface area (Å²) in [5.74, 6) is 0.0357. The number of amides is 1. The Bertz CT molecular complexity index is 976. The molecule has 164 valence electrons. The predicted octanol–water partition coefficient (Wildman–Crippen LogP) is 5.10. The number of nitrogens with one attached hydrogen (secondary N) is 1. The predicted molar refractivity (Wildman–Crippen MR) is 112 cm³/mol. The number of anilines is 1. The molecule has 1 N–H and O–H groups in total. The van der Waals surface area contributed by atoms with Gasteiger partial charge in [0, 0.05) is 29.3 Å². The van der Waals surface area contributed by atoms with E-state index in [1.54, 1.807) is 12.1 Å². The molecule has 2 saturated heterocycles. The molecule has 3 fully saturated rings. The molecule has 2 unspecified atom stereocenters. The molecular weight excluding hydrogens is 427 g/mol. The maximum Gasteiger partial charge on any atom is 0.419 e. The number of piperidine rings is 1. The number of carbonyl (C=O) groups excluding carboxylic acids is 1. The van der Waals surface area contributed by atoms with Crippen LogP contribution in [0, 0.1) is 0 Å². The SMILES string of the molecule is O=C(NC1CC2CCC(C1)N2c1ncccc1C(F)(F)F)C1(c2ccc(Cl)cc2)CC1. The Labute approximate surface area is 183 Å². The Hall–Kier alpha value is -2.28. The summed E-state index contributed by atoms with van der Waals surface area (Å²) in [7, 11) is 0. The fraction of sp³-hybridized carbons (Fsp3) is 0.478. The number of hydrogen-bond donors (Lipinski definition) is 1. The minimum absolute atomic E-state index is 0.0153. The molecule has 1 saturated carbocycles. The van der Waals surface area contributed by atoms with E-state index in [1.165, 1.54) is 12.3 Å². The molecule has 0 radical (unpaired) electrons. The molecule has 8 heteroatoms. The lowest BCUT2D eigenvalue weighted by atomic mass is 9.92. The van der Waals surface area contributed by atoms with Crippen molar-refractivity contribution in [3.63, 3.8) is 0 Å². The van der Waals surface area contributed by atoms with Gasteiger partial charge in [0.15, 0.2) is 0 Å². The van der Waals surface area contributed by atoms with Crippen molar-refractivity contribution < 1.29 is 18.0 Å². The number of rotatable bonds is 4. The molecule has 1 aliphatic carbocycles. The molecule has 4 nitrogen and oxygen atoms in total. The first kappa shape index (κ1) is 20.6. The smallest absolute Gasteiger partial charge is 0.352 e. The van der Waals surface area contributed by atoms with Gasteiger partial charge in [-0.1, -0.05) is 23.7 Å². The number of pyridine rings is 1.